The summed E-state index contributed by atoms with van der Waals surface area (Å²) < 4.78 is 12.1. The lowest BCUT2D eigenvalue weighted by molar-refractivity contribution is 0.0971. The number of methoxy groups -OCH3 is 1. The minimum absolute atomic E-state index is 0.0103. The molecule has 1 aliphatic rings. The predicted molar refractivity (Wildman–Crippen MR) is 125 cm³/mol. The predicted octanol–water partition coefficient (Wildman–Crippen LogP) is 4.87. The van der Waals surface area contributed by atoms with Crippen LogP contribution in [0.15, 0.2) is 75.9 Å². The van der Waals surface area contributed by atoms with Crippen LogP contribution in [-0.2, 0) is 0 Å². The number of nitrogens with zero attached hydrogens (tertiary/aromatic N) is 2. The molecule has 0 saturated carbocycles. The van der Waals surface area contributed by atoms with E-state index in [0.29, 0.717) is 32.9 Å². The van der Waals surface area contributed by atoms with Crippen molar-refractivity contribution in [3.8, 4) is 11.5 Å². The van der Waals surface area contributed by atoms with Gasteiger partial charge in [-0.15, -0.1) is 0 Å². The molecule has 3 heterocycles. The van der Waals surface area contributed by atoms with Gasteiger partial charge in [0.2, 0.25) is 5.76 Å². The number of rotatable bonds is 3. The first-order valence-electron chi connectivity index (χ1n) is 10.2. The van der Waals surface area contributed by atoms with Gasteiger partial charge >= 0.3 is 0 Å². The number of hydrogen-bond donors (Lipinski definition) is 1. The Kier molecular flexibility index (Phi) is 4.24. The molecule has 0 fully saturated rings. The van der Waals surface area contributed by atoms with Gasteiger partial charge in [0, 0.05) is 0 Å². The fourth-order valence-corrected chi connectivity index (χ4v) is 5.27. The van der Waals surface area contributed by atoms with Crippen molar-refractivity contribution in [1.82, 2.24) is 4.98 Å². The zero-order valence-electron chi connectivity index (χ0n) is 17.3. The number of carbonyl (C=O) groups excluding carboxylic acids is 1. The summed E-state index contributed by atoms with van der Waals surface area (Å²) >= 11 is 1.32. The van der Waals surface area contributed by atoms with Crippen LogP contribution in [0, 0.1) is 0 Å². The summed E-state index contributed by atoms with van der Waals surface area (Å²) in [5, 5.41) is 10.9. The number of carbonyl (C=O) groups is 1. The molecule has 2 aromatic heterocycles. The first-order chi connectivity index (χ1) is 16.0. The van der Waals surface area contributed by atoms with E-state index in [9.17, 15) is 14.7 Å². The largest absolute Gasteiger partial charge is 0.508 e. The second-order valence-electron chi connectivity index (χ2n) is 7.67. The van der Waals surface area contributed by atoms with E-state index < -0.39 is 11.9 Å². The molecule has 1 aliphatic heterocycles. The number of hydrogen-bond acceptors (Lipinski definition) is 7. The number of ether oxygens (including phenoxy) is 1. The van der Waals surface area contributed by atoms with E-state index in [4.69, 9.17) is 9.15 Å². The van der Waals surface area contributed by atoms with Gasteiger partial charge in [0.25, 0.3) is 5.91 Å². The van der Waals surface area contributed by atoms with Gasteiger partial charge in [0.05, 0.1) is 34.3 Å². The highest BCUT2D eigenvalue weighted by atomic mass is 32.1. The minimum atomic E-state index is -0.789. The third kappa shape index (κ3) is 2.91. The maximum absolute atomic E-state index is 13.6. The van der Waals surface area contributed by atoms with Crippen LogP contribution in [0.4, 0.5) is 5.13 Å². The first kappa shape index (κ1) is 19.5. The Morgan fingerprint density at radius 1 is 1.06 bits per heavy atom. The van der Waals surface area contributed by atoms with Crippen molar-refractivity contribution in [2.75, 3.05) is 12.0 Å². The topological polar surface area (TPSA) is 92.9 Å². The second kappa shape index (κ2) is 7.18. The average Bonchev–Trinajstić information content (AvgIpc) is 3.37. The molecule has 7 nitrogen and oxygen atoms in total. The zero-order chi connectivity index (χ0) is 22.7. The lowest BCUT2D eigenvalue weighted by atomic mass is 9.98. The Morgan fingerprint density at radius 2 is 1.91 bits per heavy atom. The molecule has 0 spiro atoms. The monoisotopic (exact) mass is 456 g/mol. The molecule has 162 valence electrons. The fraction of sp³-hybridized carbons (Fsp3) is 0.0800. The maximum Gasteiger partial charge on any atom is 0.297 e. The standard InChI is InChI=1S/C25H16N2O5S/c1-31-15-9-10-17-19(12-15)33-25(26-17)27-21(13-5-4-6-14(28)11-13)20-22(29)16-7-2-3-8-18(16)32-23(20)24(27)30/h2-12,21,28H,1H3/t21-/m0/s1. The van der Waals surface area contributed by atoms with E-state index in [1.54, 1.807) is 61.7 Å². The molecule has 1 atom stereocenters. The van der Waals surface area contributed by atoms with E-state index in [1.807, 2.05) is 12.1 Å². The quantitative estimate of drug-likeness (QED) is 0.417. The molecule has 6 rings (SSSR count). The van der Waals surface area contributed by atoms with Crippen molar-refractivity contribution < 1.29 is 19.1 Å². The average molecular weight is 456 g/mol. The molecular formula is C25H16N2O5S. The molecule has 0 unspecified atom stereocenters. The SMILES string of the molecule is COc1ccc2nc(N3C(=O)c4oc5ccccc5c(=O)c4[C@@H]3c3cccc(O)c3)sc2c1. The van der Waals surface area contributed by atoms with E-state index in [-0.39, 0.29) is 22.5 Å². The van der Waals surface area contributed by atoms with Gasteiger partial charge in [-0.3, -0.25) is 14.5 Å². The van der Waals surface area contributed by atoms with E-state index in [0.717, 1.165) is 4.70 Å². The summed E-state index contributed by atoms with van der Waals surface area (Å²) in [4.78, 5) is 33.3. The summed E-state index contributed by atoms with van der Waals surface area (Å²) in [7, 11) is 1.59. The highest BCUT2D eigenvalue weighted by molar-refractivity contribution is 7.22. The summed E-state index contributed by atoms with van der Waals surface area (Å²) in [6.07, 6.45) is 0. The van der Waals surface area contributed by atoms with Gasteiger partial charge in [0.15, 0.2) is 10.6 Å². The Bertz CT molecular complexity index is 1640. The molecule has 5 aromatic rings. The highest BCUT2D eigenvalue weighted by Gasteiger charge is 2.45. The lowest BCUT2D eigenvalue weighted by Gasteiger charge is -2.22. The molecule has 1 N–H and O–H groups in total. The van der Waals surface area contributed by atoms with Gasteiger partial charge in [-0.05, 0) is 48.0 Å². The van der Waals surface area contributed by atoms with Crippen molar-refractivity contribution in [3.05, 3.63) is 93.8 Å². The van der Waals surface area contributed by atoms with E-state index >= 15 is 0 Å². The third-order valence-electron chi connectivity index (χ3n) is 5.75. The Morgan fingerprint density at radius 3 is 2.73 bits per heavy atom. The second-order valence-corrected chi connectivity index (χ2v) is 8.68. The molecule has 8 heteroatoms. The van der Waals surface area contributed by atoms with Gasteiger partial charge in [-0.2, -0.15) is 0 Å². The van der Waals surface area contributed by atoms with Gasteiger partial charge < -0.3 is 14.3 Å². The van der Waals surface area contributed by atoms with Crippen LogP contribution < -0.4 is 15.1 Å². The van der Waals surface area contributed by atoms with Crippen molar-refractivity contribution >= 4 is 43.6 Å². The van der Waals surface area contributed by atoms with Crippen LogP contribution in [0.3, 0.4) is 0 Å². The minimum Gasteiger partial charge on any atom is -0.508 e. The Labute approximate surface area is 191 Å². The van der Waals surface area contributed by atoms with Crippen LogP contribution in [0.5, 0.6) is 11.5 Å². The van der Waals surface area contributed by atoms with Crippen LogP contribution in [-0.4, -0.2) is 23.1 Å². The van der Waals surface area contributed by atoms with Gasteiger partial charge in [-0.25, -0.2) is 4.98 Å². The number of fused-ring (bicyclic) bond motifs is 3. The summed E-state index contributed by atoms with van der Waals surface area (Å²) in [6.45, 7) is 0. The van der Waals surface area contributed by atoms with Crippen molar-refractivity contribution in [3.63, 3.8) is 0 Å². The Hall–Kier alpha value is -4.17. The van der Waals surface area contributed by atoms with Crippen LogP contribution in [0.1, 0.15) is 27.7 Å². The molecule has 1 amide bonds. The molecule has 0 saturated heterocycles. The van der Waals surface area contributed by atoms with E-state index in [2.05, 4.69) is 4.98 Å². The number of anilines is 1. The van der Waals surface area contributed by atoms with Crippen molar-refractivity contribution in [2.45, 2.75) is 6.04 Å². The van der Waals surface area contributed by atoms with Crippen LogP contribution in [0.25, 0.3) is 21.2 Å². The van der Waals surface area contributed by atoms with Crippen molar-refractivity contribution in [1.29, 1.82) is 0 Å². The summed E-state index contributed by atoms with van der Waals surface area (Å²) in [5.74, 6) is 0.255. The summed E-state index contributed by atoms with van der Waals surface area (Å²) in [5.41, 5.74) is 1.60. The normalized spacial score (nSPS) is 15.4. The van der Waals surface area contributed by atoms with Crippen LogP contribution in [0.2, 0.25) is 0 Å². The molecule has 0 aliphatic carbocycles. The lowest BCUT2D eigenvalue weighted by Crippen LogP contribution is -2.29. The first-order valence-corrected chi connectivity index (χ1v) is 11.0. The fourth-order valence-electron chi connectivity index (χ4n) is 4.25. The zero-order valence-corrected chi connectivity index (χ0v) is 18.1. The summed E-state index contributed by atoms with van der Waals surface area (Å²) in [6, 6.07) is 18.1. The van der Waals surface area contributed by atoms with Crippen LogP contribution >= 0.6 is 11.3 Å². The Balaban J connectivity index is 1.63. The molecule has 0 bridgehead atoms. The highest BCUT2D eigenvalue weighted by Crippen LogP contribution is 2.44. The number of aromatic nitrogens is 1. The number of phenols is 1. The van der Waals surface area contributed by atoms with Gasteiger partial charge in [-0.1, -0.05) is 35.6 Å². The molecule has 3 aromatic carbocycles. The maximum atomic E-state index is 13.6. The number of phenolic OH excluding ortho intramolecular Hbond substituents is 1. The number of aromatic hydroxyl groups is 1. The number of thiazole rings is 1. The molecular weight excluding hydrogens is 440 g/mol. The number of benzene rings is 3. The van der Waals surface area contributed by atoms with Crippen molar-refractivity contribution in [2.24, 2.45) is 0 Å². The van der Waals surface area contributed by atoms with Gasteiger partial charge in [0.1, 0.15) is 17.1 Å². The third-order valence-corrected chi connectivity index (χ3v) is 6.77. The number of para-hydroxylation sites is 1. The number of amides is 1. The molecule has 0 radical (unpaired) electrons. The molecule has 33 heavy (non-hydrogen) atoms. The van der Waals surface area contributed by atoms with E-state index in [1.165, 1.54) is 16.2 Å². The smallest absolute Gasteiger partial charge is 0.297 e.